The Balaban J connectivity index is 1.36. The molecule has 188 valence electrons. The first-order chi connectivity index (χ1) is 18.5. The Morgan fingerprint density at radius 2 is 1.11 bits per heavy atom. The third kappa shape index (κ3) is 5.22. The molecule has 0 bridgehead atoms. The zero-order valence-electron chi connectivity index (χ0n) is 20.5. The van der Waals surface area contributed by atoms with Gasteiger partial charge in [-0.05, 0) is 35.4 Å². The standard InChI is InChI=1S/C31H25N3O4/c35-28(21-34-30(37)24-15-7-8-16-25(24)31(34)38)32-27-18-10-9-17-26(27)29(36)33(19-22-11-3-1-4-12-22)20-23-13-5-2-6-14-23/h1-18H,19-21H2,(H,32,35). The van der Waals surface area contributed by atoms with Crippen molar-refractivity contribution in [1.82, 2.24) is 9.80 Å². The third-order valence-corrected chi connectivity index (χ3v) is 6.33. The molecule has 0 radical (unpaired) electrons. The van der Waals surface area contributed by atoms with Crippen LogP contribution >= 0.6 is 0 Å². The summed E-state index contributed by atoms with van der Waals surface area (Å²) in [7, 11) is 0. The minimum absolute atomic E-state index is 0.255. The molecule has 0 spiro atoms. The first-order valence-corrected chi connectivity index (χ1v) is 12.2. The van der Waals surface area contributed by atoms with Gasteiger partial charge in [-0.1, -0.05) is 84.9 Å². The second-order valence-electron chi connectivity index (χ2n) is 8.97. The van der Waals surface area contributed by atoms with E-state index in [1.165, 1.54) is 0 Å². The van der Waals surface area contributed by atoms with E-state index in [-0.39, 0.29) is 17.0 Å². The van der Waals surface area contributed by atoms with E-state index in [9.17, 15) is 19.2 Å². The lowest BCUT2D eigenvalue weighted by molar-refractivity contribution is -0.116. The van der Waals surface area contributed by atoms with Crippen molar-refractivity contribution in [2.75, 3.05) is 11.9 Å². The summed E-state index contributed by atoms with van der Waals surface area (Å²) in [5.41, 5.74) is 3.13. The molecule has 4 aromatic carbocycles. The molecule has 0 aromatic heterocycles. The van der Waals surface area contributed by atoms with Crippen LogP contribution in [0.2, 0.25) is 0 Å². The molecule has 4 aromatic rings. The Morgan fingerprint density at radius 1 is 0.632 bits per heavy atom. The Bertz CT molecular complexity index is 1430. The van der Waals surface area contributed by atoms with E-state index in [0.29, 0.717) is 24.3 Å². The zero-order chi connectivity index (χ0) is 26.5. The second kappa shape index (κ2) is 10.9. The molecule has 38 heavy (non-hydrogen) atoms. The van der Waals surface area contributed by atoms with Crippen LogP contribution in [0.4, 0.5) is 5.69 Å². The van der Waals surface area contributed by atoms with Crippen LogP contribution < -0.4 is 5.32 Å². The number of fused-ring (bicyclic) bond motifs is 1. The van der Waals surface area contributed by atoms with Crippen molar-refractivity contribution in [3.8, 4) is 0 Å². The summed E-state index contributed by atoms with van der Waals surface area (Å²) in [5.74, 6) is -1.85. The monoisotopic (exact) mass is 503 g/mol. The maximum atomic E-state index is 13.8. The molecular formula is C31H25N3O4. The normalized spacial score (nSPS) is 12.3. The van der Waals surface area contributed by atoms with Crippen molar-refractivity contribution in [3.63, 3.8) is 0 Å². The fourth-order valence-electron chi connectivity index (χ4n) is 4.47. The molecule has 5 rings (SSSR count). The number of nitrogens with zero attached hydrogens (tertiary/aromatic N) is 2. The van der Waals surface area contributed by atoms with Crippen LogP contribution in [0.15, 0.2) is 109 Å². The van der Waals surface area contributed by atoms with Crippen LogP contribution in [0.3, 0.4) is 0 Å². The fourth-order valence-corrected chi connectivity index (χ4v) is 4.47. The van der Waals surface area contributed by atoms with Gasteiger partial charge in [-0.2, -0.15) is 0 Å². The van der Waals surface area contributed by atoms with E-state index < -0.39 is 24.3 Å². The van der Waals surface area contributed by atoms with Crippen molar-refractivity contribution in [2.45, 2.75) is 13.1 Å². The molecule has 4 amide bonds. The first kappa shape index (κ1) is 24.6. The number of anilines is 1. The van der Waals surface area contributed by atoms with Crippen LogP contribution in [0, 0.1) is 0 Å². The predicted octanol–water partition coefficient (Wildman–Crippen LogP) is 4.76. The average Bonchev–Trinajstić information content (AvgIpc) is 3.18. The fraction of sp³-hybridized carbons (Fsp3) is 0.0968. The number of rotatable bonds is 8. The van der Waals surface area contributed by atoms with E-state index in [1.54, 1.807) is 53.4 Å². The molecule has 1 heterocycles. The van der Waals surface area contributed by atoms with Gasteiger partial charge >= 0.3 is 0 Å². The van der Waals surface area contributed by atoms with E-state index >= 15 is 0 Å². The van der Waals surface area contributed by atoms with Crippen molar-refractivity contribution in [2.24, 2.45) is 0 Å². The Hall–Kier alpha value is -5.04. The molecule has 0 unspecified atom stereocenters. The average molecular weight is 504 g/mol. The van der Waals surface area contributed by atoms with Gasteiger partial charge in [0, 0.05) is 13.1 Å². The van der Waals surface area contributed by atoms with Gasteiger partial charge in [-0.3, -0.25) is 24.1 Å². The minimum Gasteiger partial charge on any atom is -0.330 e. The molecule has 7 heteroatoms. The van der Waals surface area contributed by atoms with E-state index in [1.807, 2.05) is 60.7 Å². The third-order valence-electron chi connectivity index (χ3n) is 6.33. The summed E-state index contributed by atoms with van der Waals surface area (Å²) >= 11 is 0. The van der Waals surface area contributed by atoms with E-state index in [4.69, 9.17) is 0 Å². The number of imide groups is 1. The molecule has 0 atom stereocenters. The minimum atomic E-state index is -0.572. The molecule has 0 fully saturated rings. The molecule has 1 aliphatic rings. The molecule has 0 aliphatic carbocycles. The zero-order valence-corrected chi connectivity index (χ0v) is 20.5. The number of benzene rings is 4. The number of hydrogen-bond donors (Lipinski definition) is 1. The lowest BCUT2D eigenvalue weighted by Crippen LogP contribution is -2.38. The Kier molecular flexibility index (Phi) is 7.08. The van der Waals surface area contributed by atoms with Crippen molar-refractivity contribution in [1.29, 1.82) is 0 Å². The molecule has 1 N–H and O–H groups in total. The first-order valence-electron chi connectivity index (χ1n) is 12.2. The van der Waals surface area contributed by atoms with Crippen LogP contribution in [0.25, 0.3) is 0 Å². The van der Waals surface area contributed by atoms with Crippen LogP contribution in [-0.2, 0) is 17.9 Å². The summed E-state index contributed by atoms with van der Waals surface area (Å²) in [6, 6.07) is 32.6. The number of carbonyl (C=O) groups excluding carboxylic acids is 4. The SMILES string of the molecule is O=C(CN1C(=O)c2ccccc2C1=O)Nc1ccccc1C(=O)N(Cc1ccccc1)Cc1ccccc1. The number of nitrogens with one attached hydrogen (secondary N) is 1. The summed E-state index contributed by atoms with van der Waals surface area (Å²) in [4.78, 5) is 54.7. The summed E-state index contributed by atoms with van der Waals surface area (Å²) in [6.07, 6.45) is 0. The predicted molar refractivity (Wildman–Crippen MR) is 143 cm³/mol. The smallest absolute Gasteiger partial charge is 0.262 e. The largest absolute Gasteiger partial charge is 0.330 e. The molecule has 0 saturated heterocycles. The quantitative estimate of drug-likeness (QED) is 0.351. The van der Waals surface area contributed by atoms with Crippen molar-refractivity contribution in [3.05, 3.63) is 137 Å². The van der Waals surface area contributed by atoms with Crippen molar-refractivity contribution >= 4 is 29.3 Å². The summed E-state index contributed by atoms with van der Waals surface area (Å²) in [5, 5.41) is 2.74. The Labute approximate surface area is 220 Å². The van der Waals surface area contributed by atoms with E-state index in [2.05, 4.69) is 5.32 Å². The lowest BCUT2D eigenvalue weighted by Gasteiger charge is -2.24. The molecular weight excluding hydrogens is 478 g/mol. The number of hydrogen-bond acceptors (Lipinski definition) is 4. The van der Waals surface area contributed by atoms with Gasteiger partial charge in [0.25, 0.3) is 17.7 Å². The van der Waals surface area contributed by atoms with Crippen LogP contribution in [0.5, 0.6) is 0 Å². The van der Waals surface area contributed by atoms with Crippen LogP contribution in [-0.4, -0.2) is 40.0 Å². The van der Waals surface area contributed by atoms with Gasteiger partial charge in [0.05, 0.1) is 22.4 Å². The lowest BCUT2D eigenvalue weighted by atomic mass is 10.1. The van der Waals surface area contributed by atoms with E-state index in [0.717, 1.165) is 16.0 Å². The summed E-state index contributed by atoms with van der Waals surface area (Å²) < 4.78 is 0. The Morgan fingerprint density at radius 3 is 1.66 bits per heavy atom. The number of para-hydroxylation sites is 1. The highest BCUT2D eigenvalue weighted by atomic mass is 16.2. The number of amides is 4. The summed E-state index contributed by atoms with van der Waals surface area (Å²) in [6.45, 7) is 0.310. The van der Waals surface area contributed by atoms with Gasteiger partial charge in [0.1, 0.15) is 6.54 Å². The highest BCUT2D eigenvalue weighted by molar-refractivity contribution is 6.22. The molecule has 1 aliphatic heterocycles. The van der Waals surface area contributed by atoms with Gasteiger partial charge in [-0.25, -0.2) is 0 Å². The van der Waals surface area contributed by atoms with Crippen LogP contribution in [0.1, 0.15) is 42.2 Å². The molecule has 0 saturated carbocycles. The topological polar surface area (TPSA) is 86.8 Å². The molecule has 7 nitrogen and oxygen atoms in total. The highest BCUT2D eigenvalue weighted by Gasteiger charge is 2.36. The highest BCUT2D eigenvalue weighted by Crippen LogP contribution is 2.24. The van der Waals surface area contributed by atoms with Gasteiger partial charge in [0.2, 0.25) is 5.91 Å². The van der Waals surface area contributed by atoms with Gasteiger partial charge in [-0.15, -0.1) is 0 Å². The van der Waals surface area contributed by atoms with Gasteiger partial charge in [0.15, 0.2) is 0 Å². The maximum absolute atomic E-state index is 13.8. The second-order valence-corrected chi connectivity index (χ2v) is 8.97. The number of carbonyl (C=O) groups is 4. The van der Waals surface area contributed by atoms with Crippen molar-refractivity contribution < 1.29 is 19.2 Å². The maximum Gasteiger partial charge on any atom is 0.262 e. The van der Waals surface area contributed by atoms with Gasteiger partial charge < -0.3 is 10.2 Å².